The van der Waals surface area contributed by atoms with Crippen molar-refractivity contribution in [3.63, 3.8) is 0 Å². The number of fused-ring (bicyclic) bond motifs is 2. The first-order valence-electron chi connectivity index (χ1n) is 11.6. The van der Waals surface area contributed by atoms with Gasteiger partial charge >= 0.3 is 0 Å². The van der Waals surface area contributed by atoms with Crippen LogP contribution in [-0.2, 0) is 16.1 Å². The van der Waals surface area contributed by atoms with Crippen LogP contribution < -0.4 is 19.7 Å². The lowest BCUT2D eigenvalue weighted by atomic mass is 10.1. The second-order valence-corrected chi connectivity index (χ2v) is 9.33. The summed E-state index contributed by atoms with van der Waals surface area (Å²) in [6, 6.07) is 7.32. The summed E-state index contributed by atoms with van der Waals surface area (Å²) in [5, 5.41) is 3.74. The van der Waals surface area contributed by atoms with Crippen LogP contribution in [0.4, 0.5) is 5.69 Å². The van der Waals surface area contributed by atoms with Crippen molar-refractivity contribution in [2.75, 3.05) is 25.7 Å². The number of hydrogen-bond donors (Lipinski definition) is 1. The molecule has 4 rings (SSSR count). The lowest BCUT2D eigenvalue weighted by Gasteiger charge is -2.34. The minimum absolute atomic E-state index is 0.0598. The molecule has 1 aromatic carbocycles. The maximum absolute atomic E-state index is 13.9. The van der Waals surface area contributed by atoms with Crippen molar-refractivity contribution in [3.05, 3.63) is 40.5 Å². The normalized spacial score (nSPS) is 15.1. The number of benzene rings is 1. The first-order chi connectivity index (χ1) is 16.9. The topological polar surface area (TPSA) is 103 Å². The molecule has 1 aliphatic rings. The number of nitrogens with one attached hydrogen (secondary N) is 1. The summed E-state index contributed by atoms with van der Waals surface area (Å²) in [5.41, 5.74) is 1.36. The Morgan fingerprint density at radius 2 is 1.97 bits per heavy atom. The van der Waals surface area contributed by atoms with Crippen LogP contribution in [0.25, 0.3) is 10.2 Å². The lowest BCUT2D eigenvalue weighted by Crippen LogP contribution is -2.52. The van der Waals surface area contributed by atoms with Crippen LogP contribution in [0.5, 0.6) is 11.6 Å². The third kappa shape index (κ3) is 4.81. The molecule has 3 heterocycles. The number of hydrogen-bond acceptors (Lipinski definition) is 8. The van der Waals surface area contributed by atoms with Crippen LogP contribution in [0.1, 0.15) is 47.7 Å². The Hall–Kier alpha value is -3.24. The Balaban J connectivity index is 1.72. The summed E-state index contributed by atoms with van der Waals surface area (Å²) in [7, 11) is 3.11. The van der Waals surface area contributed by atoms with Gasteiger partial charge in [0, 0.05) is 13.2 Å². The number of rotatable bonds is 8. The molecule has 35 heavy (non-hydrogen) atoms. The van der Waals surface area contributed by atoms with Gasteiger partial charge in [-0.05, 0) is 37.5 Å². The van der Waals surface area contributed by atoms with E-state index in [9.17, 15) is 9.59 Å². The Morgan fingerprint density at radius 3 is 2.66 bits per heavy atom. The predicted octanol–water partition coefficient (Wildman–Crippen LogP) is 3.87. The fraction of sp³-hybridized carbons (Fsp3) is 0.440. The third-order valence-electron chi connectivity index (χ3n) is 6.11. The first-order valence-corrected chi connectivity index (χ1v) is 12.4. The number of para-hydroxylation sites is 2. The van der Waals surface area contributed by atoms with Gasteiger partial charge < -0.3 is 19.5 Å². The second-order valence-electron chi connectivity index (χ2n) is 8.33. The SMILES string of the molecule is CCC(CC)NC(=O)C1CN(C(=O)c2sc3nc(COC)nc(OC)c3c2C)c2ccccc2O1. The number of thiophene rings is 1. The standard InChI is InChI=1S/C25H30N4O5S/c1-6-15(7-2)26-22(30)18-12-29(16-10-8-9-11-17(16)34-18)25(31)21-14(3)20-23(33-5)27-19(13-32-4)28-24(20)35-21/h8-11,15,18H,6-7,12-13H2,1-5H3,(H,26,30). The van der Waals surface area contributed by atoms with Crippen molar-refractivity contribution in [1.29, 1.82) is 0 Å². The highest BCUT2D eigenvalue weighted by Gasteiger charge is 2.36. The van der Waals surface area contributed by atoms with E-state index >= 15 is 0 Å². The lowest BCUT2D eigenvalue weighted by molar-refractivity contribution is -0.128. The van der Waals surface area contributed by atoms with Gasteiger partial charge in [-0.3, -0.25) is 14.5 Å². The van der Waals surface area contributed by atoms with Crippen LogP contribution >= 0.6 is 11.3 Å². The predicted molar refractivity (Wildman–Crippen MR) is 134 cm³/mol. The van der Waals surface area contributed by atoms with Crippen LogP contribution in [0.2, 0.25) is 0 Å². The molecule has 0 saturated carbocycles. The van der Waals surface area contributed by atoms with Crippen LogP contribution in [-0.4, -0.2) is 54.7 Å². The zero-order valence-corrected chi connectivity index (χ0v) is 21.4. The fourth-order valence-corrected chi connectivity index (χ4v) is 5.30. The molecule has 9 nitrogen and oxygen atoms in total. The number of ether oxygens (including phenoxy) is 3. The van der Waals surface area contributed by atoms with E-state index in [2.05, 4.69) is 15.3 Å². The van der Waals surface area contributed by atoms with Crippen LogP contribution in [0.3, 0.4) is 0 Å². The Bertz CT molecular complexity index is 1240. The summed E-state index contributed by atoms with van der Waals surface area (Å²) < 4.78 is 16.7. The average molecular weight is 499 g/mol. The van der Waals surface area contributed by atoms with Crippen molar-refractivity contribution < 1.29 is 23.8 Å². The first kappa shape index (κ1) is 24.9. The zero-order valence-electron chi connectivity index (χ0n) is 20.6. The highest BCUT2D eigenvalue weighted by molar-refractivity contribution is 7.20. The molecule has 0 radical (unpaired) electrons. The van der Waals surface area contributed by atoms with E-state index in [1.54, 1.807) is 18.1 Å². The highest BCUT2D eigenvalue weighted by Crippen LogP contribution is 2.39. The van der Waals surface area contributed by atoms with Gasteiger partial charge in [0.2, 0.25) is 5.88 Å². The second kappa shape index (κ2) is 10.6. The van der Waals surface area contributed by atoms with Gasteiger partial charge in [0.05, 0.1) is 29.6 Å². The number of aryl methyl sites for hydroxylation is 1. The molecule has 1 N–H and O–H groups in total. The minimum atomic E-state index is -0.813. The summed E-state index contributed by atoms with van der Waals surface area (Å²) in [6.45, 7) is 6.25. The monoisotopic (exact) mass is 498 g/mol. The molecule has 0 spiro atoms. The van der Waals surface area contributed by atoms with Gasteiger partial charge in [0.15, 0.2) is 11.9 Å². The number of carbonyl (C=O) groups excluding carboxylic acids is 2. The van der Waals surface area contributed by atoms with Gasteiger partial charge in [-0.25, -0.2) is 4.98 Å². The van der Waals surface area contributed by atoms with Crippen LogP contribution in [0, 0.1) is 6.92 Å². The van der Waals surface area contributed by atoms with E-state index in [4.69, 9.17) is 14.2 Å². The van der Waals surface area contributed by atoms with Crippen molar-refractivity contribution in [2.45, 2.75) is 52.4 Å². The molecule has 0 fully saturated rings. The molecule has 2 amide bonds. The van der Waals surface area contributed by atoms with Crippen LogP contribution in [0.15, 0.2) is 24.3 Å². The van der Waals surface area contributed by atoms with E-state index in [0.717, 1.165) is 18.4 Å². The molecule has 0 aliphatic carbocycles. The molecule has 0 saturated heterocycles. The number of aromatic nitrogens is 2. The van der Waals surface area contributed by atoms with Gasteiger partial charge in [0.1, 0.15) is 17.2 Å². The summed E-state index contributed by atoms with van der Waals surface area (Å²) in [6.07, 6.45) is 0.832. The zero-order chi connectivity index (χ0) is 25.1. The quantitative estimate of drug-likeness (QED) is 0.503. The van der Waals surface area contributed by atoms with Gasteiger partial charge in [0.25, 0.3) is 11.8 Å². The van der Waals surface area contributed by atoms with E-state index in [0.29, 0.717) is 38.2 Å². The van der Waals surface area contributed by atoms with Crippen molar-refractivity contribution in [3.8, 4) is 11.6 Å². The summed E-state index contributed by atoms with van der Waals surface area (Å²) >= 11 is 1.28. The summed E-state index contributed by atoms with van der Waals surface area (Å²) in [4.78, 5) is 38.7. The third-order valence-corrected chi connectivity index (χ3v) is 7.28. The molecule has 3 aromatic rings. The average Bonchev–Trinajstić information content (AvgIpc) is 3.21. The molecule has 10 heteroatoms. The fourth-order valence-electron chi connectivity index (χ4n) is 4.16. The molecule has 1 unspecified atom stereocenters. The minimum Gasteiger partial charge on any atom is -0.480 e. The van der Waals surface area contributed by atoms with E-state index in [1.807, 2.05) is 39.0 Å². The number of amides is 2. The van der Waals surface area contributed by atoms with Gasteiger partial charge in [-0.15, -0.1) is 11.3 Å². The van der Waals surface area contributed by atoms with Crippen molar-refractivity contribution in [1.82, 2.24) is 15.3 Å². The Kier molecular flexibility index (Phi) is 7.51. The maximum Gasteiger partial charge on any atom is 0.268 e. The van der Waals surface area contributed by atoms with Crippen molar-refractivity contribution >= 4 is 39.1 Å². The molecular formula is C25H30N4O5S. The largest absolute Gasteiger partial charge is 0.480 e. The number of anilines is 1. The molecule has 186 valence electrons. The molecule has 1 aliphatic heterocycles. The molecule has 1 atom stereocenters. The Labute approximate surface area is 208 Å². The highest BCUT2D eigenvalue weighted by atomic mass is 32.1. The number of nitrogens with zero attached hydrogens (tertiary/aromatic N) is 3. The van der Waals surface area contributed by atoms with E-state index in [1.165, 1.54) is 18.4 Å². The molecular weight excluding hydrogens is 468 g/mol. The number of methoxy groups -OCH3 is 2. The molecule has 0 bridgehead atoms. The summed E-state index contributed by atoms with van der Waals surface area (Å²) in [5.74, 6) is 0.926. The van der Waals surface area contributed by atoms with Gasteiger partial charge in [-0.1, -0.05) is 26.0 Å². The molecule has 2 aromatic heterocycles. The van der Waals surface area contributed by atoms with Crippen molar-refractivity contribution in [2.24, 2.45) is 0 Å². The maximum atomic E-state index is 13.9. The Morgan fingerprint density at radius 1 is 1.23 bits per heavy atom. The van der Waals surface area contributed by atoms with E-state index in [-0.39, 0.29) is 31.0 Å². The smallest absolute Gasteiger partial charge is 0.268 e. The van der Waals surface area contributed by atoms with E-state index < -0.39 is 6.10 Å². The van der Waals surface area contributed by atoms with Gasteiger partial charge in [-0.2, -0.15) is 4.98 Å². The number of carbonyl (C=O) groups is 2.